The fourth-order valence-corrected chi connectivity index (χ4v) is 1.32. The molecule has 0 radical (unpaired) electrons. The summed E-state index contributed by atoms with van der Waals surface area (Å²) in [5, 5.41) is 0. The van der Waals surface area contributed by atoms with E-state index in [9.17, 15) is 26.3 Å². The second kappa shape index (κ2) is 4.68. The van der Waals surface area contributed by atoms with Gasteiger partial charge < -0.3 is 10.5 Å². The van der Waals surface area contributed by atoms with E-state index in [1.165, 1.54) is 0 Å². The normalized spacial score (nSPS) is 14.4. The van der Waals surface area contributed by atoms with E-state index in [0.717, 1.165) is 19.2 Å². The fourth-order valence-electron chi connectivity index (χ4n) is 1.32. The van der Waals surface area contributed by atoms with Crippen molar-refractivity contribution >= 4 is 0 Å². The molecule has 0 amide bonds. The summed E-state index contributed by atoms with van der Waals surface area (Å²) < 4.78 is 80.0. The first-order chi connectivity index (χ1) is 8.11. The van der Waals surface area contributed by atoms with Crippen LogP contribution in [0.1, 0.15) is 11.6 Å². The molecule has 1 aromatic rings. The molecule has 1 atom stereocenters. The van der Waals surface area contributed by atoms with E-state index in [4.69, 9.17) is 5.73 Å². The SMILES string of the molecule is COc1ccc(F)cc1C(N)C(F)(F)C(F)(F)F. The number of ether oxygens (including phenoxy) is 1. The third-order valence-electron chi connectivity index (χ3n) is 2.30. The summed E-state index contributed by atoms with van der Waals surface area (Å²) >= 11 is 0. The van der Waals surface area contributed by atoms with E-state index in [-0.39, 0.29) is 5.75 Å². The van der Waals surface area contributed by atoms with E-state index in [0.29, 0.717) is 6.07 Å². The van der Waals surface area contributed by atoms with Crippen molar-refractivity contribution in [2.45, 2.75) is 18.1 Å². The van der Waals surface area contributed by atoms with Crippen LogP contribution in [0.3, 0.4) is 0 Å². The molecule has 0 aliphatic rings. The summed E-state index contributed by atoms with van der Waals surface area (Å²) in [5.74, 6) is -6.51. The largest absolute Gasteiger partial charge is 0.496 e. The minimum atomic E-state index is -5.83. The Morgan fingerprint density at radius 1 is 1.17 bits per heavy atom. The topological polar surface area (TPSA) is 35.2 Å². The van der Waals surface area contributed by atoms with Crippen LogP contribution < -0.4 is 10.5 Å². The lowest BCUT2D eigenvalue weighted by Crippen LogP contribution is -2.46. The Morgan fingerprint density at radius 3 is 2.17 bits per heavy atom. The predicted molar refractivity (Wildman–Crippen MR) is 50.9 cm³/mol. The number of hydrogen-bond donors (Lipinski definition) is 1. The van der Waals surface area contributed by atoms with E-state index in [2.05, 4.69) is 4.74 Å². The Labute approximate surface area is 98.3 Å². The van der Waals surface area contributed by atoms with Gasteiger partial charge in [0.05, 0.1) is 7.11 Å². The lowest BCUT2D eigenvalue weighted by molar-refractivity contribution is -0.291. The van der Waals surface area contributed by atoms with Gasteiger partial charge in [-0.2, -0.15) is 22.0 Å². The molecule has 2 N–H and O–H groups in total. The van der Waals surface area contributed by atoms with Gasteiger partial charge in [0.25, 0.3) is 0 Å². The molecule has 0 aliphatic carbocycles. The summed E-state index contributed by atoms with van der Waals surface area (Å²) in [6, 6.07) is -0.468. The number of hydrogen-bond acceptors (Lipinski definition) is 2. The van der Waals surface area contributed by atoms with Gasteiger partial charge in [-0.15, -0.1) is 0 Å². The maximum Gasteiger partial charge on any atom is 0.455 e. The highest BCUT2D eigenvalue weighted by molar-refractivity contribution is 5.37. The molecule has 8 heteroatoms. The molecular weight excluding hydrogens is 264 g/mol. The predicted octanol–water partition coefficient (Wildman–Crippen LogP) is 3.03. The minimum absolute atomic E-state index is 0.340. The Morgan fingerprint density at radius 2 is 1.72 bits per heavy atom. The number of benzene rings is 1. The molecule has 0 saturated carbocycles. The van der Waals surface area contributed by atoms with E-state index in [1.807, 2.05) is 0 Å². The lowest BCUT2D eigenvalue weighted by atomic mass is 10.00. The van der Waals surface area contributed by atoms with Crippen molar-refractivity contribution in [2.75, 3.05) is 7.11 Å². The molecule has 1 rings (SSSR count). The second-order valence-corrected chi connectivity index (χ2v) is 3.48. The van der Waals surface area contributed by atoms with Gasteiger partial charge in [0.1, 0.15) is 17.6 Å². The van der Waals surface area contributed by atoms with E-state index in [1.54, 1.807) is 0 Å². The zero-order valence-electron chi connectivity index (χ0n) is 9.06. The van der Waals surface area contributed by atoms with Crippen LogP contribution in [0, 0.1) is 5.82 Å². The van der Waals surface area contributed by atoms with Crippen LogP contribution in [-0.4, -0.2) is 19.2 Å². The van der Waals surface area contributed by atoms with Crippen molar-refractivity contribution in [1.82, 2.24) is 0 Å². The number of methoxy groups -OCH3 is 1. The number of rotatable bonds is 3. The summed E-state index contributed by atoms with van der Waals surface area (Å²) in [6.07, 6.45) is -5.83. The monoisotopic (exact) mass is 273 g/mol. The first-order valence-corrected chi connectivity index (χ1v) is 4.64. The fraction of sp³-hybridized carbons (Fsp3) is 0.400. The molecule has 2 nitrogen and oxygen atoms in total. The highest BCUT2D eigenvalue weighted by atomic mass is 19.4. The highest BCUT2D eigenvalue weighted by Crippen LogP contribution is 2.45. The molecule has 1 aromatic carbocycles. The Bertz CT molecular complexity index is 431. The Hall–Kier alpha value is -1.44. The molecule has 0 bridgehead atoms. The smallest absolute Gasteiger partial charge is 0.455 e. The zero-order chi connectivity index (χ0) is 14.1. The zero-order valence-corrected chi connectivity index (χ0v) is 9.06. The Balaban J connectivity index is 3.26. The van der Waals surface area contributed by atoms with Crippen LogP contribution in [0.15, 0.2) is 18.2 Å². The molecule has 0 fully saturated rings. The van der Waals surface area contributed by atoms with Crippen molar-refractivity contribution < 1.29 is 31.1 Å². The summed E-state index contributed by atoms with van der Waals surface area (Å²) in [6.45, 7) is 0. The van der Waals surface area contributed by atoms with Gasteiger partial charge in [0, 0.05) is 5.56 Å². The lowest BCUT2D eigenvalue weighted by Gasteiger charge is -2.26. The second-order valence-electron chi connectivity index (χ2n) is 3.48. The average Bonchev–Trinajstić information content (AvgIpc) is 2.26. The molecule has 1 unspecified atom stereocenters. The molecule has 18 heavy (non-hydrogen) atoms. The van der Waals surface area contributed by atoms with Crippen molar-refractivity contribution in [3.05, 3.63) is 29.6 Å². The van der Waals surface area contributed by atoms with Gasteiger partial charge in [0.2, 0.25) is 0 Å². The third kappa shape index (κ3) is 2.53. The van der Waals surface area contributed by atoms with Crippen LogP contribution in [-0.2, 0) is 0 Å². The standard InChI is InChI=1S/C10H9F6NO/c1-18-7-3-2-5(11)4-6(7)8(17)9(12,13)10(14,15)16/h2-4,8H,17H2,1H3. The van der Waals surface area contributed by atoms with Crippen molar-refractivity contribution in [3.63, 3.8) is 0 Å². The quantitative estimate of drug-likeness (QED) is 0.859. The average molecular weight is 273 g/mol. The maximum atomic E-state index is 13.0. The molecule has 102 valence electrons. The van der Waals surface area contributed by atoms with Gasteiger partial charge in [-0.05, 0) is 18.2 Å². The van der Waals surface area contributed by atoms with Gasteiger partial charge in [-0.3, -0.25) is 0 Å². The van der Waals surface area contributed by atoms with Gasteiger partial charge >= 0.3 is 12.1 Å². The first kappa shape index (κ1) is 14.6. The van der Waals surface area contributed by atoms with Crippen molar-refractivity contribution in [2.24, 2.45) is 5.73 Å². The van der Waals surface area contributed by atoms with Gasteiger partial charge in [-0.1, -0.05) is 0 Å². The molecule has 0 aliphatic heterocycles. The third-order valence-corrected chi connectivity index (χ3v) is 2.30. The molecule has 0 spiro atoms. The van der Waals surface area contributed by atoms with Crippen LogP contribution in [0.2, 0.25) is 0 Å². The first-order valence-electron chi connectivity index (χ1n) is 4.64. The molecule has 0 saturated heterocycles. The van der Waals surface area contributed by atoms with E-state index >= 15 is 0 Å². The van der Waals surface area contributed by atoms with Gasteiger partial charge in [0.15, 0.2) is 0 Å². The molecule has 0 heterocycles. The number of alkyl halides is 5. The van der Waals surface area contributed by atoms with Crippen molar-refractivity contribution in [1.29, 1.82) is 0 Å². The maximum absolute atomic E-state index is 13.0. The van der Waals surface area contributed by atoms with Crippen LogP contribution in [0.25, 0.3) is 0 Å². The Kier molecular flexibility index (Phi) is 3.80. The van der Waals surface area contributed by atoms with Crippen LogP contribution in [0.4, 0.5) is 26.3 Å². The number of halogens is 6. The highest BCUT2D eigenvalue weighted by Gasteiger charge is 2.62. The van der Waals surface area contributed by atoms with Gasteiger partial charge in [-0.25, -0.2) is 4.39 Å². The summed E-state index contributed by atoms with van der Waals surface area (Å²) in [4.78, 5) is 0. The van der Waals surface area contributed by atoms with Crippen molar-refractivity contribution in [3.8, 4) is 5.75 Å². The number of nitrogens with two attached hydrogens (primary N) is 1. The summed E-state index contributed by atoms with van der Waals surface area (Å²) in [5.41, 5.74) is 4.14. The molecule has 0 aromatic heterocycles. The minimum Gasteiger partial charge on any atom is -0.496 e. The van der Waals surface area contributed by atoms with E-state index < -0.39 is 29.5 Å². The molecular formula is C10H9F6NO. The van der Waals surface area contributed by atoms with Crippen LogP contribution in [0.5, 0.6) is 5.75 Å². The van der Waals surface area contributed by atoms with Crippen LogP contribution >= 0.6 is 0 Å². The summed E-state index contributed by atoms with van der Waals surface area (Å²) in [7, 11) is 1.05.